The Labute approximate surface area is 158 Å². The Bertz CT molecular complexity index is 685. The Hall–Kier alpha value is -2.57. The third-order valence-corrected chi connectivity index (χ3v) is 5.59. The van der Waals surface area contributed by atoms with Gasteiger partial charge in [0, 0.05) is 0 Å². The van der Waals surface area contributed by atoms with E-state index in [2.05, 4.69) is 12.2 Å². The van der Waals surface area contributed by atoms with Crippen molar-refractivity contribution in [2.45, 2.75) is 51.1 Å². The van der Waals surface area contributed by atoms with Crippen molar-refractivity contribution in [3.63, 3.8) is 0 Å². The zero-order chi connectivity index (χ0) is 19.4. The van der Waals surface area contributed by atoms with E-state index in [-0.39, 0.29) is 12.5 Å². The fraction of sp³-hybridized carbons (Fsp3) is 0.550. The lowest BCUT2D eigenvalue weighted by Crippen LogP contribution is -2.55. The Balaban J connectivity index is 1.77. The molecule has 7 heteroatoms. The van der Waals surface area contributed by atoms with Gasteiger partial charge in [-0.1, -0.05) is 50.1 Å². The third kappa shape index (κ3) is 4.59. The SMILES string of the molecule is C[C@H]1CC[C@H]([C@H](NC(=O)O)C(=O)N2C(=O)OC[C@@H]2Cc2ccccc2)CC1. The Kier molecular flexibility index (Phi) is 5.98. The van der Waals surface area contributed by atoms with Gasteiger partial charge in [0.1, 0.15) is 12.6 Å². The molecule has 1 saturated carbocycles. The molecule has 0 aromatic heterocycles. The molecule has 1 aliphatic carbocycles. The van der Waals surface area contributed by atoms with Crippen LogP contribution in [-0.2, 0) is 16.0 Å². The second-order valence-electron chi connectivity index (χ2n) is 7.58. The van der Waals surface area contributed by atoms with Gasteiger partial charge in [-0.2, -0.15) is 0 Å². The number of hydrogen-bond acceptors (Lipinski definition) is 4. The topological polar surface area (TPSA) is 95.9 Å². The van der Waals surface area contributed by atoms with Gasteiger partial charge in [-0.05, 0) is 36.7 Å². The van der Waals surface area contributed by atoms with E-state index in [0.29, 0.717) is 12.3 Å². The van der Waals surface area contributed by atoms with Gasteiger partial charge in [-0.15, -0.1) is 0 Å². The molecule has 7 nitrogen and oxygen atoms in total. The van der Waals surface area contributed by atoms with Crippen molar-refractivity contribution >= 4 is 18.1 Å². The van der Waals surface area contributed by atoms with Gasteiger partial charge < -0.3 is 15.2 Å². The van der Waals surface area contributed by atoms with E-state index in [0.717, 1.165) is 36.1 Å². The van der Waals surface area contributed by atoms with Crippen LogP contribution in [0.1, 0.15) is 38.2 Å². The second-order valence-corrected chi connectivity index (χ2v) is 7.58. The Morgan fingerprint density at radius 3 is 2.52 bits per heavy atom. The Morgan fingerprint density at radius 2 is 1.89 bits per heavy atom. The summed E-state index contributed by atoms with van der Waals surface area (Å²) >= 11 is 0. The van der Waals surface area contributed by atoms with Gasteiger partial charge in [0.2, 0.25) is 0 Å². The molecule has 0 spiro atoms. The molecule has 2 N–H and O–H groups in total. The van der Waals surface area contributed by atoms with Crippen LogP contribution in [0.15, 0.2) is 30.3 Å². The highest BCUT2D eigenvalue weighted by atomic mass is 16.6. The monoisotopic (exact) mass is 374 g/mol. The lowest BCUT2D eigenvalue weighted by atomic mass is 9.78. The minimum Gasteiger partial charge on any atom is -0.465 e. The Morgan fingerprint density at radius 1 is 1.22 bits per heavy atom. The molecule has 0 unspecified atom stereocenters. The average molecular weight is 374 g/mol. The summed E-state index contributed by atoms with van der Waals surface area (Å²) in [6.45, 7) is 2.28. The average Bonchev–Trinajstić information content (AvgIpc) is 3.01. The first-order chi connectivity index (χ1) is 13.0. The van der Waals surface area contributed by atoms with Crippen LogP contribution >= 0.6 is 0 Å². The summed E-state index contributed by atoms with van der Waals surface area (Å²) in [4.78, 5) is 37.8. The van der Waals surface area contributed by atoms with Crippen molar-refractivity contribution in [2.24, 2.45) is 11.8 Å². The van der Waals surface area contributed by atoms with Crippen molar-refractivity contribution < 1.29 is 24.2 Å². The van der Waals surface area contributed by atoms with E-state index in [1.807, 2.05) is 30.3 Å². The van der Waals surface area contributed by atoms with Gasteiger partial charge in [-0.25, -0.2) is 14.5 Å². The van der Waals surface area contributed by atoms with E-state index >= 15 is 0 Å². The van der Waals surface area contributed by atoms with Crippen LogP contribution in [0, 0.1) is 11.8 Å². The lowest BCUT2D eigenvalue weighted by molar-refractivity contribution is -0.133. The first-order valence-corrected chi connectivity index (χ1v) is 9.49. The van der Waals surface area contributed by atoms with Gasteiger partial charge in [0.05, 0.1) is 6.04 Å². The number of benzene rings is 1. The largest absolute Gasteiger partial charge is 0.465 e. The summed E-state index contributed by atoms with van der Waals surface area (Å²) < 4.78 is 5.12. The summed E-state index contributed by atoms with van der Waals surface area (Å²) in [6.07, 6.45) is 1.98. The smallest absolute Gasteiger partial charge is 0.417 e. The molecule has 3 rings (SSSR count). The first kappa shape index (κ1) is 19.2. The molecule has 1 saturated heterocycles. The molecular formula is C20H26N2O5. The number of carboxylic acid groups (broad SMARTS) is 1. The van der Waals surface area contributed by atoms with Crippen molar-refractivity contribution in [2.75, 3.05) is 6.61 Å². The van der Waals surface area contributed by atoms with E-state index < -0.39 is 30.2 Å². The van der Waals surface area contributed by atoms with Crippen molar-refractivity contribution in [3.05, 3.63) is 35.9 Å². The number of ether oxygens (including phenoxy) is 1. The maximum absolute atomic E-state index is 13.2. The number of carbonyl (C=O) groups is 3. The standard InChI is InChI=1S/C20H26N2O5/c1-13-7-9-15(10-8-13)17(21-19(24)25)18(23)22-16(12-27-20(22)26)11-14-5-3-2-4-6-14/h2-6,13,15-17,21H,7-12H2,1H3,(H,24,25)/t13-,15-,16-,17-/m0/s1. The van der Waals surface area contributed by atoms with Crippen molar-refractivity contribution in [3.8, 4) is 0 Å². The molecule has 146 valence electrons. The number of imide groups is 1. The van der Waals surface area contributed by atoms with Crippen LogP contribution in [0.4, 0.5) is 9.59 Å². The van der Waals surface area contributed by atoms with Gasteiger partial charge in [0.15, 0.2) is 0 Å². The molecule has 1 aromatic rings. The van der Waals surface area contributed by atoms with Gasteiger partial charge in [0.25, 0.3) is 5.91 Å². The summed E-state index contributed by atoms with van der Waals surface area (Å²) in [5.41, 5.74) is 0.993. The number of nitrogens with zero attached hydrogens (tertiary/aromatic N) is 1. The molecule has 2 aliphatic rings. The molecule has 1 aromatic carbocycles. The van der Waals surface area contributed by atoms with E-state index in [1.165, 1.54) is 0 Å². The van der Waals surface area contributed by atoms with Gasteiger partial charge in [-0.3, -0.25) is 4.79 Å². The van der Waals surface area contributed by atoms with Crippen LogP contribution in [0.25, 0.3) is 0 Å². The molecule has 2 fully saturated rings. The lowest BCUT2D eigenvalue weighted by Gasteiger charge is -2.34. The van der Waals surface area contributed by atoms with Crippen LogP contribution in [0.5, 0.6) is 0 Å². The molecule has 27 heavy (non-hydrogen) atoms. The molecule has 0 radical (unpaired) electrons. The highest BCUT2D eigenvalue weighted by molar-refractivity contribution is 5.97. The normalized spacial score (nSPS) is 26.3. The van der Waals surface area contributed by atoms with E-state index in [4.69, 9.17) is 4.74 Å². The second kappa shape index (κ2) is 8.41. The molecule has 3 amide bonds. The number of hydrogen-bond donors (Lipinski definition) is 2. The number of carbonyl (C=O) groups excluding carboxylic acids is 2. The van der Waals surface area contributed by atoms with Crippen LogP contribution in [0.2, 0.25) is 0 Å². The molecule has 1 heterocycles. The molecular weight excluding hydrogens is 348 g/mol. The maximum Gasteiger partial charge on any atom is 0.417 e. The minimum atomic E-state index is -1.25. The van der Waals surface area contributed by atoms with Crippen LogP contribution in [-0.4, -0.2) is 46.8 Å². The number of rotatable bonds is 5. The minimum absolute atomic E-state index is 0.101. The highest BCUT2D eigenvalue weighted by Gasteiger charge is 2.44. The summed E-state index contributed by atoms with van der Waals surface area (Å²) in [6, 6.07) is 8.22. The van der Waals surface area contributed by atoms with Crippen LogP contribution in [0.3, 0.4) is 0 Å². The predicted octanol–water partition coefficient (Wildman–Crippen LogP) is 3.04. The quantitative estimate of drug-likeness (QED) is 0.826. The van der Waals surface area contributed by atoms with Crippen LogP contribution < -0.4 is 5.32 Å². The number of amides is 3. The summed E-state index contributed by atoms with van der Waals surface area (Å²) in [5, 5.41) is 11.6. The molecule has 0 bridgehead atoms. The number of nitrogens with one attached hydrogen (secondary N) is 1. The fourth-order valence-electron chi connectivity index (χ4n) is 4.05. The third-order valence-electron chi connectivity index (χ3n) is 5.59. The zero-order valence-electron chi connectivity index (χ0n) is 15.5. The van der Waals surface area contributed by atoms with E-state index in [1.54, 1.807) is 0 Å². The fourth-order valence-corrected chi connectivity index (χ4v) is 4.05. The highest BCUT2D eigenvalue weighted by Crippen LogP contribution is 2.32. The molecule has 2 atom stereocenters. The van der Waals surface area contributed by atoms with E-state index in [9.17, 15) is 19.5 Å². The molecule has 1 aliphatic heterocycles. The first-order valence-electron chi connectivity index (χ1n) is 9.49. The number of cyclic esters (lactones) is 1. The predicted molar refractivity (Wildman–Crippen MR) is 98.2 cm³/mol. The summed E-state index contributed by atoms with van der Waals surface area (Å²) in [7, 11) is 0. The maximum atomic E-state index is 13.2. The summed E-state index contributed by atoms with van der Waals surface area (Å²) in [5.74, 6) is -0.0274. The van der Waals surface area contributed by atoms with Crippen molar-refractivity contribution in [1.29, 1.82) is 0 Å². The zero-order valence-corrected chi connectivity index (χ0v) is 15.5. The van der Waals surface area contributed by atoms with Crippen molar-refractivity contribution in [1.82, 2.24) is 10.2 Å². The van der Waals surface area contributed by atoms with Gasteiger partial charge >= 0.3 is 12.2 Å².